The maximum atomic E-state index is 11.8. The van der Waals surface area contributed by atoms with Crippen LogP contribution >= 0.6 is 0 Å². The quantitative estimate of drug-likeness (QED) is 0.545. The number of likely N-dealkylation sites (N-methyl/N-ethyl adjacent to an activating group) is 1. The van der Waals surface area contributed by atoms with Crippen molar-refractivity contribution in [3.8, 4) is 0 Å². The molecule has 0 saturated heterocycles. The molecule has 0 unspecified atom stereocenters. The molecular formula is C12H24N2O3. The van der Waals surface area contributed by atoms with Crippen LogP contribution in [0.1, 0.15) is 47.5 Å². The number of hydroxylamine groups is 2. The number of carbonyl (C=O) groups is 2. The van der Waals surface area contributed by atoms with Gasteiger partial charge in [-0.3, -0.25) is 14.4 Å². The van der Waals surface area contributed by atoms with Crippen molar-refractivity contribution in [2.45, 2.75) is 59.1 Å². The molecule has 0 aromatic heterocycles. The van der Waals surface area contributed by atoms with Crippen LogP contribution in [0.2, 0.25) is 0 Å². The van der Waals surface area contributed by atoms with E-state index in [0.29, 0.717) is 19.4 Å². The van der Waals surface area contributed by atoms with Gasteiger partial charge in [0.1, 0.15) is 6.04 Å². The highest BCUT2D eigenvalue weighted by atomic mass is 16.7. The van der Waals surface area contributed by atoms with Crippen LogP contribution < -0.4 is 5.32 Å². The van der Waals surface area contributed by atoms with Crippen molar-refractivity contribution in [2.75, 3.05) is 6.54 Å². The van der Waals surface area contributed by atoms with E-state index in [2.05, 4.69) is 5.32 Å². The maximum Gasteiger partial charge on any atom is 0.245 e. The second-order valence-corrected chi connectivity index (χ2v) is 4.87. The van der Waals surface area contributed by atoms with E-state index < -0.39 is 11.6 Å². The standard InChI is InChI=1S/C12H24N2O3/c1-6-8-10(11(16)13-7-2)14(9-15)17-12(3,4)5/h9-10H,6-8H2,1-5H3,(H,13,16)/t10-/m1/s1. The van der Waals surface area contributed by atoms with Crippen LogP contribution in [0.5, 0.6) is 0 Å². The fourth-order valence-corrected chi connectivity index (χ4v) is 1.41. The summed E-state index contributed by atoms with van der Waals surface area (Å²) in [5, 5.41) is 3.83. The van der Waals surface area contributed by atoms with Gasteiger partial charge in [0.05, 0.1) is 5.60 Å². The van der Waals surface area contributed by atoms with Gasteiger partial charge in [0.2, 0.25) is 12.3 Å². The molecule has 0 heterocycles. The Morgan fingerprint density at radius 3 is 2.35 bits per heavy atom. The molecule has 0 aliphatic carbocycles. The van der Waals surface area contributed by atoms with Crippen molar-refractivity contribution >= 4 is 12.3 Å². The fourth-order valence-electron chi connectivity index (χ4n) is 1.41. The van der Waals surface area contributed by atoms with Crippen LogP contribution in [0.25, 0.3) is 0 Å². The maximum absolute atomic E-state index is 11.8. The number of nitrogens with one attached hydrogen (secondary N) is 1. The zero-order chi connectivity index (χ0) is 13.5. The lowest BCUT2D eigenvalue weighted by molar-refractivity contribution is -0.231. The first kappa shape index (κ1) is 15.9. The third kappa shape index (κ3) is 6.26. The van der Waals surface area contributed by atoms with E-state index in [1.165, 1.54) is 0 Å². The van der Waals surface area contributed by atoms with Crippen LogP contribution in [-0.4, -0.2) is 35.6 Å². The largest absolute Gasteiger partial charge is 0.355 e. The Labute approximate surface area is 103 Å². The predicted molar refractivity (Wildman–Crippen MR) is 66.1 cm³/mol. The number of hydrogen-bond donors (Lipinski definition) is 1. The summed E-state index contributed by atoms with van der Waals surface area (Å²) in [5.74, 6) is -0.175. The molecule has 17 heavy (non-hydrogen) atoms. The van der Waals surface area contributed by atoms with E-state index in [1.807, 2.05) is 34.6 Å². The van der Waals surface area contributed by atoms with Crippen molar-refractivity contribution in [3.05, 3.63) is 0 Å². The predicted octanol–water partition coefficient (Wildman–Crippen LogP) is 1.48. The number of rotatable bonds is 7. The third-order valence-corrected chi connectivity index (χ3v) is 2.01. The molecule has 5 nitrogen and oxygen atoms in total. The molecule has 1 N–H and O–H groups in total. The van der Waals surface area contributed by atoms with Crippen molar-refractivity contribution in [1.29, 1.82) is 0 Å². The lowest BCUT2D eigenvalue weighted by atomic mass is 10.1. The average Bonchev–Trinajstić information content (AvgIpc) is 2.22. The van der Waals surface area contributed by atoms with E-state index in [0.717, 1.165) is 11.5 Å². The minimum absolute atomic E-state index is 0.175. The Hall–Kier alpha value is -1.10. The molecule has 0 aromatic carbocycles. The van der Waals surface area contributed by atoms with Crippen molar-refractivity contribution < 1.29 is 14.4 Å². The van der Waals surface area contributed by atoms with Crippen molar-refractivity contribution in [1.82, 2.24) is 10.4 Å². The van der Waals surface area contributed by atoms with Gasteiger partial charge in [0.25, 0.3) is 0 Å². The lowest BCUT2D eigenvalue weighted by Gasteiger charge is -2.32. The fraction of sp³-hybridized carbons (Fsp3) is 0.833. The average molecular weight is 244 g/mol. The van der Waals surface area contributed by atoms with Gasteiger partial charge in [0.15, 0.2) is 0 Å². The Morgan fingerprint density at radius 2 is 2.00 bits per heavy atom. The summed E-state index contributed by atoms with van der Waals surface area (Å²) in [5.41, 5.74) is -0.501. The summed E-state index contributed by atoms with van der Waals surface area (Å²) in [4.78, 5) is 28.3. The SMILES string of the molecule is CCC[C@H](C(=O)NCC)N(C=O)OC(C)(C)C. The van der Waals surface area contributed by atoms with E-state index in [1.54, 1.807) is 0 Å². The Kier molecular flexibility index (Phi) is 6.80. The molecule has 5 heteroatoms. The van der Waals surface area contributed by atoms with Gasteiger partial charge in [-0.2, -0.15) is 0 Å². The minimum Gasteiger partial charge on any atom is -0.355 e. The van der Waals surface area contributed by atoms with E-state index >= 15 is 0 Å². The van der Waals surface area contributed by atoms with E-state index in [4.69, 9.17) is 4.84 Å². The molecule has 0 aromatic rings. The zero-order valence-corrected chi connectivity index (χ0v) is 11.4. The highest BCUT2D eigenvalue weighted by Gasteiger charge is 2.28. The third-order valence-electron chi connectivity index (χ3n) is 2.01. The van der Waals surface area contributed by atoms with Gasteiger partial charge < -0.3 is 5.32 Å². The minimum atomic E-state index is -0.559. The molecule has 0 aliphatic rings. The Morgan fingerprint density at radius 1 is 1.41 bits per heavy atom. The number of nitrogens with zero attached hydrogens (tertiary/aromatic N) is 1. The first-order chi connectivity index (χ1) is 7.85. The van der Waals surface area contributed by atoms with Crippen LogP contribution in [0.15, 0.2) is 0 Å². The molecule has 1 atom stereocenters. The highest BCUT2D eigenvalue weighted by molar-refractivity contribution is 5.83. The second kappa shape index (κ2) is 7.27. The van der Waals surface area contributed by atoms with Crippen LogP contribution in [-0.2, 0) is 14.4 Å². The molecule has 0 saturated carbocycles. The summed E-state index contributed by atoms with van der Waals surface area (Å²) in [6.07, 6.45) is 1.96. The Bertz CT molecular complexity index is 249. The zero-order valence-electron chi connectivity index (χ0n) is 11.4. The summed E-state index contributed by atoms with van der Waals surface area (Å²) < 4.78 is 0. The van der Waals surface area contributed by atoms with Gasteiger partial charge in [-0.15, -0.1) is 0 Å². The molecule has 100 valence electrons. The summed E-state index contributed by atoms with van der Waals surface area (Å²) >= 11 is 0. The van der Waals surface area contributed by atoms with Gasteiger partial charge in [-0.1, -0.05) is 13.3 Å². The van der Waals surface area contributed by atoms with Crippen LogP contribution in [0.3, 0.4) is 0 Å². The summed E-state index contributed by atoms with van der Waals surface area (Å²) in [7, 11) is 0. The molecule has 0 aliphatic heterocycles. The Balaban J connectivity index is 4.73. The van der Waals surface area contributed by atoms with Gasteiger partial charge in [0, 0.05) is 6.54 Å². The molecule has 0 bridgehead atoms. The van der Waals surface area contributed by atoms with Gasteiger partial charge >= 0.3 is 0 Å². The summed E-state index contributed by atoms with van der Waals surface area (Å²) in [6.45, 7) is 9.86. The lowest BCUT2D eigenvalue weighted by Crippen LogP contribution is -2.48. The molecule has 2 amide bonds. The van der Waals surface area contributed by atoms with E-state index in [9.17, 15) is 9.59 Å². The molecule has 0 spiro atoms. The first-order valence-electron chi connectivity index (χ1n) is 6.06. The van der Waals surface area contributed by atoms with Gasteiger partial charge in [-0.05, 0) is 34.1 Å². The molecule has 0 radical (unpaired) electrons. The number of hydrogen-bond acceptors (Lipinski definition) is 3. The highest BCUT2D eigenvalue weighted by Crippen LogP contribution is 2.14. The monoisotopic (exact) mass is 244 g/mol. The van der Waals surface area contributed by atoms with Gasteiger partial charge in [-0.25, -0.2) is 5.06 Å². The van der Waals surface area contributed by atoms with E-state index in [-0.39, 0.29) is 5.91 Å². The molecular weight excluding hydrogens is 220 g/mol. The smallest absolute Gasteiger partial charge is 0.245 e. The van der Waals surface area contributed by atoms with Crippen molar-refractivity contribution in [3.63, 3.8) is 0 Å². The van der Waals surface area contributed by atoms with Crippen LogP contribution in [0.4, 0.5) is 0 Å². The van der Waals surface area contributed by atoms with Crippen molar-refractivity contribution in [2.24, 2.45) is 0 Å². The summed E-state index contributed by atoms with van der Waals surface area (Å²) in [6, 6.07) is -0.559. The topological polar surface area (TPSA) is 58.6 Å². The second-order valence-electron chi connectivity index (χ2n) is 4.87. The van der Waals surface area contributed by atoms with Crippen LogP contribution in [0, 0.1) is 0 Å². The molecule has 0 fully saturated rings. The normalized spacial score (nSPS) is 13.0. The first-order valence-corrected chi connectivity index (χ1v) is 6.06. The molecule has 0 rings (SSSR count). The number of carbonyl (C=O) groups excluding carboxylic acids is 2. The number of amides is 2.